The van der Waals surface area contributed by atoms with Gasteiger partial charge in [0, 0.05) is 6.42 Å². The first-order chi connectivity index (χ1) is 11.1. The van der Waals surface area contributed by atoms with E-state index in [1.807, 2.05) is 0 Å². The summed E-state index contributed by atoms with van der Waals surface area (Å²) in [4.78, 5) is 22.6. The third-order valence-corrected chi connectivity index (χ3v) is 3.93. The summed E-state index contributed by atoms with van der Waals surface area (Å²) < 4.78 is 9.63. The van der Waals surface area contributed by atoms with Crippen LogP contribution in [0.1, 0.15) is 85.4 Å². The molecule has 5 nitrogen and oxygen atoms in total. The number of carbonyl (C=O) groups is 2. The SMILES string of the molecule is CCCCCCCCCCCCOC(=O)[C@@H](N)CCC(=O)OC.[H-].[Na+]. The Hall–Kier alpha value is -0.100. The smallest absolute Gasteiger partial charge is 1.00 e. The third-order valence-electron chi connectivity index (χ3n) is 3.93. The molecule has 0 amide bonds. The molecule has 0 aliphatic heterocycles. The van der Waals surface area contributed by atoms with Gasteiger partial charge in [0.1, 0.15) is 6.04 Å². The normalized spacial score (nSPS) is 11.5. The molecular weight excluding hydrogens is 317 g/mol. The van der Waals surface area contributed by atoms with Crippen molar-refractivity contribution in [3.63, 3.8) is 0 Å². The number of esters is 2. The van der Waals surface area contributed by atoms with E-state index in [4.69, 9.17) is 10.5 Å². The van der Waals surface area contributed by atoms with E-state index in [9.17, 15) is 9.59 Å². The van der Waals surface area contributed by atoms with E-state index >= 15 is 0 Å². The Kier molecular flexibility index (Phi) is 20.9. The van der Waals surface area contributed by atoms with E-state index in [0.717, 1.165) is 12.8 Å². The Morgan fingerprint density at radius 3 is 1.96 bits per heavy atom. The first-order valence-electron chi connectivity index (χ1n) is 9.10. The van der Waals surface area contributed by atoms with E-state index in [-0.39, 0.29) is 49.8 Å². The topological polar surface area (TPSA) is 78.6 Å². The molecule has 138 valence electrons. The van der Waals surface area contributed by atoms with Crippen LogP contribution in [0, 0.1) is 0 Å². The van der Waals surface area contributed by atoms with Gasteiger partial charge in [-0.05, 0) is 12.8 Å². The molecule has 0 aromatic rings. The van der Waals surface area contributed by atoms with Crippen molar-refractivity contribution in [1.82, 2.24) is 0 Å². The van der Waals surface area contributed by atoms with Crippen LogP contribution in [0.4, 0.5) is 0 Å². The molecule has 0 aromatic heterocycles. The van der Waals surface area contributed by atoms with Gasteiger partial charge in [-0.2, -0.15) is 0 Å². The minimum absolute atomic E-state index is 0. The maximum atomic E-state index is 11.6. The molecule has 0 rings (SSSR count). The van der Waals surface area contributed by atoms with Gasteiger partial charge in [0.15, 0.2) is 0 Å². The van der Waals surface area contributed by atoms with Gasteiger partial charge in [-0.25, -0.2) is 0 Å². The average molecular weight is 353 g/mol. The Morgan fingerprint density at radius 1 is 0.958 bits per heavy atom. The van der Waals surface area contributed by atoms with Crippen LogP contribution >= 0.6 is 0 Å². The van der Waals surface area contributed by atoms with E-state index in [1.165, 1.54) is 58.5 Å². The Morgan fingerprint density at radius 2 is 1.46 bits per heavy atom. The molecular formula is C18H36NNaO4. The van der Waals surface area contributed by atoms with Crippen molar-refractivity contribution >= 4 is 11.9 Å². The van der Waals surface area contributed by atoms with Crippen molar-refractivity contribution in [2.75, 3.05) is 13.7 Å². The van der Waals surface area contributed by atoms with Gasteiger partial charge >= 0.3 is 41.5 Å². The van der Waals surface area contributed by atoms with Crippen molar-refractivity contribution in [2.24, 2.45) is 5.73 Å². The summed E-state index contributed by atoms with van der Waals surface area (Å²) in [6.07, 6.45) is 12.8. The molecule has 0 spiro atoms. The fourth-order valence-electron chi connectivity index (χ4n) is 2.36. The number of nitrogens with two attached hydrogens (primary N) is 1. The van der Waals surface area contributed by atoms with Crippen LogP contribution in [0.25, 0.3) is 0 Å². The van der Waals surface area contributed by atoms with Crippen LogP contribution in [-0.2, 0) is 19.1 Å². The number of hydrogen-bond acceptors (Lipinski definition) is 5. The zero-order chi connectivity index (χ0) is 17.3. The zero-order valence-corrected chi connectivity index (χ0v) is 18.0. The summed E-state index contributed by atoms with van der Waals surface area (Å²) in [6, 6.07) is -0.739. The second-order valence-electron chi connectivity index (χ2n) is 6.07. The third kappa shape index (κ3) is 16.7. The van der Waals surface area contributed by atoms with E-state index in [0.29, 0.717) is 6.61 Å². The number of methoxy groups -OCH3 is 1. The second kappa shape index (κ2) is 19.2. The van der Waals surface area contributed by atoms with Gasteiger partial charge < -0.3 is 16.6 Å². The predicted molar refractivity (Wildman–Crippen MR) is 93.1 cm³/mol. The molecule has 0 aliphatic carbocycles. The number of hydrogen-bond donors (Lipinski definition) is 1. The van der Waals surface area contributed by atoms with Gasteiger partial charge in [0.25, 0.3) is 0 Å². The summed E-state index contributed by atoms with van der Waals surface area (Å²) >= 11 is 0. The zero-order valence-electron chi connectivity index (χ0n) is 17.0. The quantitative estimate of drug-likeness (QED) is 0.268. The largest absolute Gasteiger partial charge is 1.00 e. The molecule has 0 heterocycles. The molecule has 0 saturated carbocycles. The molecule has 24 heavy (non-hydrogen) atoms. The second-order valence-corrected chi connectivity index (χ2v) is 6.07. The molecule has 6 heteroatoms. The van der Waals surface area contributed by atoms with Gasteiger partial charge in [-0.15, -0.1) is 0 Å². The molecule has 0 aromatic carbocycles. The standard InChI is InChI=1S/C18H35NO4.Na.H/c1-3-4-5-6-7-8-9-10-11-12-15-23-18(21)16(19)13-14-17(20)22-2;;/h16H,3-15,19H2,1-2H3;;/q;+1;-1/t16-;;/m0../s1. The van der Waals surface area contributed by atoms with E-state index in [2.05, 4.69) is 11.7 Å². The molecule has 0 radical (unpaired) electrons. The fraction of sp³-hybridized carbons (Fsp3) is 0.889. The Labute approximate surface area is 171 Å². The number of rotatable bonds is 15. The van der Waals surface area contributed by atoms with Crippen molar-refractivity contribution in [1.29, 1.82) is 0 Å². The van der Waals surface area contributed by atoms with Crippen molar-refractivity contribution in [3.8, 4) is 0 Å². The monoisotopic (exact) mass is 353 g/mol. The predicted octanol–water partition coefficient (Wildman–Crippen LogP) is 0.848. The Balaban J connectivity index is -0.00000242. The van der Waals surface area contributed by atoms with Gasteiger partial charge in [-0.1, -0.05) is 64.7 Å². The molecule has 0 bridgehead atoms. The minimum atomic E-state index is -0.739. The Bertz CT molecular complexity index is 319. The maximum absolute atomic E-state index is 11.6. The number of unbranched alkanes of at least 4 members (excludes halogenated alkanes) is 9. The van der Waals surface area contributed by atoms with E-state index in [1.54, 1.807) is 0 Å². The fourth-order valence-corrected chi connectivity index (χ4v) is 2.36. The van der Waals surface area contributed by atoms with Gasteiger partial charge in [0.2, 0.25) is 0 Å². The molecule has 0 fully saturated rings. The maximum Gasteiger partial charge on any atom is 1.00 e. The van der Waals surface area contributed by atoms with Crippen LogP contribution < -0.4 is 35.3 Å². The summed E-state index contributed by atoms with van der Waals surface area (Å²) in [5.41, 5.74) is 5.67. The molecule has 1 atom stereocenters. The average Bonchev–Trinajstić information content (AvgIpc) is 2.56. The number of ether oxygens (including phenoxy) is 2. The van der Waals surface area contributed by atoms with Crippen molar-refractivity contribution in [2.45, 2.75) is 90.0 Å². The molecule has 2 N–H and O–H groups in total. The van der Waals surface area contributed by atoms with E-state index < -0.39 is 12.0 Å². The molecule has 0 aliphatic rings. The summed E-state index contributed by atoms with van der Waals surface area (Å²) in [5, 5.41) is 0. The van der Waals surface area contributed by atoms with Crippen LogP contribution in [0.5, 0.6) is 0 Å². The summed E-state index contributed by atoms with van der Waals surface area (Å²) in [6.45, 7) is 2.65. The minimum Gasteiger partial charge on any atom is -1.00 e. The van der Waals surface area contributed by atoms with Crippen LogP contribution in [-0.4, -0.2) is 31.7 Å². The molecule has 0 unspecified atom stereocenters. The first-order valence-corrected chi connectivity index (χ1v) is 9.10. The van der Waals surface area contributed by atoms with Gasteiger partial charge in [0.05, 0.1) is 13.7 Å². The van der Waals surface area contributed by atoms with Crippen molar-refractivity contribution in [3.05, 3.63) is 0 Å². The van der Waals surface area contributed by atoms with Crippen molar-refractivity contribution < 1.29 is 50.0 Å². The molecule has 0 saturated heterocycles. The summed E-state index contributed by atoms with van der Waals surface area (Å²) in [5.74, 6) is -0.784. The van der Waals surface area contributed by atoms with Crippen LogP contribution in [0.2, 0.25) is 0 Å². The summed E-state index contributed by atoms with van der Waals surface area (Å²) in [7, 11) is 1.32. The van der Waals surface area contributed by atoms with Crippen LogP contribution in [0.3, 0.4) is 0 Å². The van der Waals surface area contributed by atoms with Crippen LogP contribution in [0.15, 0.2) is 0 Å². The van der Waals surface area contributed by atoms with Gasteiger partial charge in [-0.3, -0.25) is 9.59 Å². The first kappa shape index (κ1) is 26.1. The number of carbonyl (C=O) groups excluding carboxylic acids is 2.